The zero-order valence-corrected chi connectivity index (χ0v) is 16.5. The minimum absolute atomic E-state index is 0.0193. The van der Waals surface area contributed by atoms with E-state index in [1.54, 1.807) is 27.7 Å². The Morgan fingerprint density at radius 2 is 1.89 bits per heavy atom. The molecule has 0 aliphatic carbocycles. The Bertz CT molecular complexity index is 759. The molecule has 1 aliphatic rings. The largest absolute Gasteiger partial charge is 0.466 e. The molecular weight excluding hydrogens is 372 g/mol. The quantitative estimate of drug-likeness (QED) is 0.561. The van der Waals surface area contributed by atoms with Gasteiger partial charge in [0.25, 0.3) is 0 Å². The number of nitrogens with zero attached hydrogens (tertiary/aromatic N) is 1. The maximum atomic E-state index is 14.2. The molecule has 0 bridgehead atoms. The van der Waals surface area contributed by atoms with Crippen LogP contribution in [0.3, 0.4) is 0 Å². The Morgan fingerprint density at radius 3 is 2.50 bits per heavy atom. The molecule has 1 aromatic carbocycles. The number of rotatable bonds is 5. The monoisotopic (exact) mass is 397 g/mol. The van der Waals surface area contributed by atoms with Gasteiger partial charge in [-0.25, -0.2) is 13.6 Å². The first-order chi connectivity index (χ1) is 13.0. The molecule has 0 aromatic heterocycles. The van der Waals surface area contributed by atoms with Crippen LogP contribution in [0.25, 0.3) is 0 Å². The fraction of sp³-hybridized carbons (Fsp3) is 0.550. The van der Waals surface area contributed by atoms with Crippen LogP contribution in [0.4, 0.5) is 13.6 Å². The van der Waals surface area contributed by atoms with Gasteiger partial charge < -0.3 is 9.47 Å². The van der Waals surface area contributed by atoms with E-state index >= 15 is 0 Å². The summed E-state index contributed by atoms with van der Waals surface area (Å²) in [7, 11) is 0. The summed E-state index contributed by atoms with van der Waals surface area (Å²) in [6, 6.07) is 2.09. The number of carbonyl (C=O) groups excluding carboxylic acids is 3. The van der Waals surface area contributed by atoms with Crippen LogP contribution >= 0.6 is 0 Å². The molecule has 1 unspecified atom stereocenters. The Morgan fingerprint density at radius 1 is 1.21 bits per heavy atom. The summed E-state index contributed by atoms with van der Waals surface area (Å²) in [6.07, 6.45) is -1.18. The highest BCUT2D eigenvalue weighted by molar-refractivity contribution is 6.00. The summed E-state index contributed by atoms with van der Waals surface area (Å²) in [5.74, 6) is -3.05. The molecule has 2 rings (SSSR count). The lowest BCUT2D eigenvalue weighted by Gasteiger charge is -2.27. The highest BCUT2D eigenvalue weighted by Gasteiger charge is 2.43. The molecule has 2 atom stereocenters. The molecule has 6 nitrogen and oxygen atoms in total. The van der Waals surface area contributed by atoms with Crippen LogP contribution < -0.4 is 0 Å². The SMILES string of the molecule is CCOC(=O)CC(=O)C1C[C@@H](c2cc(F)ccc2F)CN1C(=O)OC(C)(C)C. The molecule has 0 spiro atoms. The molecule has 28 heavy (non-hydrogen) atoms. The summed E-state index contributed by atoms with van der Waals surface area (Å²) in [5.41, 5.74) is -0.714. The number of hydrogen-bond acceptors (Lipinski definition) is 5. The van der Waals surface area contributed by atoms with Crippen LogP contribution in [-0.2, 0) is 19.1 Å². The van der Waals surface area contributed by atoms with E-state index in [4.69, 9.17) is 9.47 Å². The Kier molecular flexibility index (Phi) is 6.74. The molecule has 8 heteroatoms. The summed E-state index contributed by atoms with van der Waals surface area (Å²) in [4.78, 5) is 38.1. The topological polar surface area (TPSA) is 72.9 Å². The number of ketones is 1. The molecule has 1 amide bonds. The van der Waals surface area contributed by atoms with Crippen molar-refractivity contribution in [3.05, 3.63) is 35.4 Å². The molecule has 0 radical (unpaired) electrons. The summed E-state index contributed by atoms with van der Waals surface area (Å²) >= 11 is 0. The van der Waals surface area contributed by atoms with Gasteiger partial charge in [-0.2, -0.15) is 0 Å². The van der Waals surface area contributed by atoms with Gasteiger partial charge in [-0.1, -0.05) is 0 Å². The lowest BCUT2D eigenvalue weighted by atomic mass is 9.94. The number of amides is 1. The number of hydrogen-bond donors (Lipinski definition) is 0. The van der Waals surface area contributed by atoms with Crippen molar-refractivity contribution in [2.45, 2.75) is 58.1 Å². The Hall–Kier alpha value is -2.51. The standard InChI is InChI=1S/C20H25F2NO5/c1-5-27-18(25)10-17(24)16-8-12(14-9-13(21)6-7-15(14)22)11-23(16)19(26)28-20(2,3)4/h6-7,9,12,16H,5,8,10-11H2,1-4H3/t12-,16?/m1/s1. The zero-order chi connectivity index (χ0) is 21.1. The summed E-state index contributed by atoms with van der Waals surface area (Å²) in [5, 5.41) is 0. The minimum atomic E-state index is -0.980. The van der Waals surface area contributed by atoms with Crippen LogP contribution in [0.5, 0.6) is 0 Å². The number of likely N-dealkylation sites (tertiary alicyclic amines) is 1. The second-order valence-corrected chi connectivity index (χ2v) is 7.70. The number of carbonyl (C=O) groups is 3. The van der Waals surface area contributed by atoms with Crippen LogP contribution in [0.2, 0.25) is 0 Å². The fourth-order valence-electron chi connectivity index (χ4n) is 3.19. The molecule has 1 saturated heterocycles. The van der Waals surface area contributed by atoms with Crippen molar-refractivity contribution in [3.63, 3.8) is 0 Å². The van der Waals surface area contributed by atoms with Crippen molar-refractivity contribution in [1.82, 2.24) is 4.90 Å². The molecule has 1 fully saturated rings. The van der Waals surface area contributed by atoms with Gasteiger partial charge in [-0.15, -0.1) is 0 Å². The van der Waals surface area contributed by atoms with Gasteiger partial charge in [0.05, 0.1) is 12.6 Å². The molecule has 1 heterocycles. The van der Waals surface area contributed by atoms with Gasteiger partial charge in [-0.3, -0.25) is 14.5 Å². The lowest BCUT2D eigenvalue weighted by Crippen LogP contribution is -2.44. The average Bonchev–Trinajstić information content (AvgIpc) is 3.01. The predicted octanol–water partition coefficient (Wildman–Crippen LogP) is 3.58. The van der Waals surface area contributed by atoms with Crippen LogP contribution in [-0.4, -0.2) is 47.5 Å². The molecule has 154 valence electrons. The smallest absolute Gasteiger partial charge is 0.410 e. The van der Waals surface area contributed by atoms with Crippen LogP contribution in [0.15, 0.2) is 18.2 Å². The van der Waals surface area contributed by atoms with E-state index in [-0.39, 0.29) is 25.1 Å². The third-order valence-corrected chi connectivity index (χ3v) is 4.32. The lowest BCUT2D eigenvalue weighted by molar-refractivity contribution is -0.146. The second-order valence-electron chi connectivity index (χ2n) is 7.70. The van der Waals surface area contributed by atoms with E-state index in [2.05, 4.69) is 0 Å². The van der Waals surface area contributed by atoms with Crippen molar-refractivity contribution in [2.24, 2.45) is 0 Å². The molecule has 0 saturated carbocycles. The van der Waals surface area contributed by atoms with E-state index in [1.165, 1.54) is 4.90 Å². The maximum absolute atomic E-state index is 14.2. The van der Waals surface area contributed by atoms with Crippen molar-refractivity contribution >= 4 is 17.8 Å². The molecule has 1 aliphatic heterocycles. The first-order valence-corrected chi connectivity index (χ1v) is 9.14. The average molecular weight is 397 g/mol. The van der Waals surface area contributed by atoms with Gasteiger partial charge in [0.2, 0.25) is 0 Å². The predicted molar refractivity (Wildman–Crippen MR) is 96.7 cm³/mol. The first-order valence-electron chi connectivity index (χ1n) is 9.14. The zero-order valence-electron chi connectivity index (χ0n) is 16.5. The van der Waals surface area contributed by atoms with E-state index in [9.17, 15) is 23.2 Å². The normalized spacial score (nSPS) is 19.4. The van der Waals surface area contributed by atoms with Gasteiger partial charge >= 0.3 is 12.1 Å². The first kappa shape index (κ1) is 21.8. The number of benzene rings is 1. The van der Waals surface area contributed by atoms with Crippen LogP contribution in [0, 0.1) is 11.6 Å². The summed E-state index contributed by atoms with van der Waals surface area (Å²) in [6.45, 7) is 6.77. The highest BCUT2D eigenvalue weighted by atomic mass is 19.1. The molecule has 1 aromatic rings. The maximum Gasteiger partial charge on any atom is 0.410 e. The van der Waals surface area contributed by atoms with Gasteiger partial charge in [0, 0.05) is 12.5 Å². The minimum Gasteiger partial charge on any atom is -0.466 e. The van der Waals surface area contributed by atoms with Crippen molar-refractivity contribution < 1.29 is 32.6 Å². The molecule has 0 N–H and O–H groups in total. The Balaban J connectivity index is 2.27. The highest BCUT2D eigenvalue weighted by Crippen LogP contribution is 2.35. The van der Waals surface area contributed by atoms with Crippen molar-refractivity contribution in [1.29, 1.82) is 0 Å². The number of Topliss-reactive ketones (excluding diaryl/α,β-unsaturated/α-hetero) is 1. The van der Waals surface area contributed by atoms with E-state index in [0.717, 1.165) is 18.2 Å². The molecular formula is C20H25F2NO5. The Labute approximate surface area is 162 Å². The van der Waals surface area contributed by atoms with E-state index in [0.29, 0.717) is 0 Å². The summed E-state index contributed by atoms with van der Waals surface area (Å²) < 4.78 is 37.9. The number of ether oxygens (including phenoxy) is 2. The second kappa shape index (κ2) is 8.67. The van der Waals surface area contributed by atoms with Gasteiger partial charge in [0.15, 0.2) is 5.78 Å². The number of esters is 1. The fourth-order valence-corrected chi connectivity index (χ4v) is 3.19. The van der Waals surface area contributed by atoms with Crippen LogP contribution in [0.1, 0.15) is 52.0 Å². The van der Waals surface area contributed by atoms with Crippen molar-refractivity contribution in [2.75, 3.05) is 13.2 Å². The third-order valence-electron chi connectivity index (χ3n) is 4.32. The number of halogens is 2. The van der Waals surface area contributed by atoms with Gasteiger partial charge in [-0.05, 0) is 57.9 Å². The van der Waals surface area contributed by atoms with E-state index in [1.807, 2.05) is 0 Å². The third kappa shape index (κ3) is 5.50. The van der Waals surface area contributed by atoms with E-state index < -0.39 is 53.5 Å². The van der Waals surface area contributed by atoms with Gasteiger partial charge in [0.1, 0.15) is 23.7 Å². The van der Waals surface area contributed by atoms with Crippen molar-refractivity contribution in [3.8, 4) is 0 Å².